The van der Waals surface area contributed by atoms with Gasteiger partial charge < -0.3 is 39.6 Å². The van der Waals surface area contributed by atoms with Crippen LogP contribution in [-0.2, 0) is 4.43 Å². The summed E-state index contributed by atoms with van der Waals surface area (Å²) in [5.41, 5.74) is 7.37. The minimum absolute atomic E-state index is 0.00000839. The minimum Gasteiger partial charge on any atom is -0.418 e. The molecule has 0 aliphatic heterocycles. The van der Waals surface area contributed by atoms with E-state index in [0.717, 1.165) is 11.3 Å². The van der Waals surface area contributed by atoms with E-state index in [2.05, 4.69) is 85.2 Å². The predicted octanol–water partition coefficient (Wildman–Crippen LogP) is 15.1. The predicted molar refractivity (Wildman–Crippen MR) is 305 cm³/mol. The van der Waals surface area contributed by atoms with Gasteiger partial charge in [-0.2, -0.15) is 0 Å². The zero-order valence-corrected chi connectivity index (χ0v) is 46.5. The van der Waals surface area contributed by atoms with E-state index in [1.54, 1.807) is 105 Å². The van der Waals surface area contributed by atoms with Crippen molar-refractivity contribution >= 4 is 77.5 Å². The number of aliphatic hydroxyl groups is 1. The van der Waals surface area contributed by atoms with E-state index in [9.17, 15) is 14.7 Å². The van der Waals surface area contributed by atoms with E-state index in [0.29, 0.717) is 78.1 Å². The van der Waals surface area contributed by atoms with Crippen LogP contribution >= 0.6 is 23.2 Å². The van der Waals surface area contributed by atoms with Crippen LogP contribution in [0.3, 0.4) is 0 Å². The Kier molecular flexibility index (Phi) is 18.1. The largest absolute Gasteiger partial charge is 0.418 e. The minimum atomic E-state index is -2.15. The highest BCUT2D eigenvalue weighted by atomic mass is 35.5. The summed E-state index contributed by atoms with van der Waals surface area (Å²) in [6.07, 6.45) is -1.19. The van der Waals surface area contributed by atoms with Gasteiger partial charge in [0.1, 0.15) is 12.1 Å². The van der Waals surface area contributed by atoms with Crippen LogP contribution in [0.4, 0.5) is 34.1 Å². The van der Waals surface area contributed by atoms with E-state index >= 15 is 0 Å². The van der Waals surface area contributed by atoms with E-state index in [-0.39, 0.29) is 34.7 Å². The van der Waals surface area contributed by atoms with Crippen LogP contribution in [0.1, 0.15) is 90.3 Å². The number of rotatable bonds is 16. The molecule has 2 aromatic heterocycles. The zero-order chi connectivity index (χ0) is 55.6. The first-order valence-electron chi connectivity index (χ1n) is 24.5. The molecule has 0 aliphatic rings. The number of hydrogen-bond donors (Lipinski definition) is 5. The molecule has 394 valence electrons. The van der Waals surface area contributed by atoms with Crippen LogP contribution in [0, 0.1) is 27.0 Å². The van der Waals surface area contributed by atoms with Crippen molar-refractivity contribution < 1.29 is 28.0 Å². The van der Waals surface area contributed by atoms with Crippen LogP contribution < -0.4 is 21.3 Å². The Hall–Kier alpha value is -8.16. The van der Waals surface area contributed by atoms with Crippen molar-refractivity contribution in [2.75, 3.05) is 21.3 Å². The highest BCUT2D eigenvalue weighted by molar-refractivity contribution is 6.74. The topological polar surface area (TPSA) is 198 Å². The highest BCUT2D eigenvalue weighted by Crippen LogP contribution is 2.41. The fourth-order valence-electron chi connectivity index (χ4n) is 7.57. The molecule has 16 nitrogen and oxygen atoms in total. The molecule has 0 saturated carbocycles. The van der Waals surface area contributed by atoms with E-state index in [1.165, 1.54) is 0 Å². The number of hydrogen-bond acceptors (Lipinski definition) is 12. The van der Waals surface area contributed by atoms with E-state index in [4.69, 9.17) is 49.6 Å². The number of amides is 2. The third-order valence-electron chi connectivity index (χ3n) is 13.1. The van der Waals surface area contributed by atoms with Crippen LogP contribution in [-0.4, -0.2) is 57.8 Å². The van der Waals surface area contributed by atoms with Gasteiger partial charge in [-0.05, 0) is 142 Å². The molecule has 2 amide bonds. The van der Waals surface area contributed by atoms with Crippen molar-refractivity contribution in [2.45, 2.75) is 90.9 Å². The summed E-state index contributed by atoms with van der Waals surface area (Å²) in [6, 6.07) is 37.9. The first kappa shape index (κ1) is 56.6. The molecule has 8 rings (SSSR count). The van der Waals surface area contributed by atoms with Crippen LogP contribution in [0.25, 0.3) is 32.6 Å². The number of carbonyl (C=O) groups is 2. The van der Waals surface area contributed by atoms with Gasteiger partial charge in [0.25, 0.3) is 11.8 Å². The lowest BCUT2D eigenvalue weighted by Gasteiger charge is -2.40. The molecule has 19 heteroatoms. The lowest BCUT2D eigenvalue weighted by atomic mass is 10.1. The smallest absolute Gasteiger partial charge is 0.255 e. The molecular weight excluding hydrogens is 1030 g/mol. The Labute approximate surface area is 459 Å². The summed E-state index contributed by atoms with van der Waals surface area (Å²) < 4.78 is 18.8. The van der Waals surface area contributed by atoms with Crippen molar-refractivity contribution in [1.82, 2.24) is 20.4 Å². The summed E-state index contributed by atoms with van der Waals surface area (Å²) in [6.45, 7) is 32.8. The molecule has 0 radical (unpaired) electrons. The normalized spacial score (nSPS) is 12.9. The Morgan fingerprint density at radius 3 is 1.38 bits per heavy atom. The number of aliphatic hydroxyl groups excluding tert-OH is 1. The van der Waals surface area contributed by atoms with Gasteiger partial charge in [0.15, 0.2) is 8.32 Å². The Balaban J connectivity index is 0.000000227. The van der Waals surface area contributed by atoms with Crippen LogP contribution in [0.15, 0.2) is 142 Å². The highest BCUT2D eigenvalue weighted by Gasteiger charge is 2.41. The monoisotopic (exact) mass is 1090 g/mol. The number of nitrogens with one attached hydrogen (secondary N) is 4. The molecule has 4 atom stereocenters. The van der Waals surface area contributed by atoms with Gasteiger partial charge in [-0.15, -0.1) is 20.4 Å². The molecule has 77 heavy (non-hydrogen) atoms. The Morgan fingerprint density at radius 2 is 1.00 bits per heavy atom. The first-order chi connectivity index (χ1) is 36.7. The SMILES string of the molecule is [C-]#[N+]c1ccc(N[C@@H](c2nnc(-c3ccc(NC(=O)c4ccccc4)cc3)o2)[C@H](C)O)c(C)c1Cl.[C-]#[N+]c1ccc(N[C@@H](c2nnc(-c3ccc(NC(=O)c4ccccc4)cc3)o2)[C@H](C)O[Si](C)(C)C(C)(C)C)c(C)c1Cl. The molecule has 0 saturated heterocycles. The second-order valence-electron chi connectivity index (χ2n) is 19.6. The molecule has 8 aromatic rings. The zero-order valence-electron chi connectivity index (χ0n) is 43.9. The van der Waals surface area contributed by atoms with Gasteiger partial charge >= 0.3 is 0 Å². The fourth-order valence-corrected chi connectivity index (χ4v) is 9.41. The molecule has 0 unspecified atom stereocenters. The third kappa shape index (κ3) is 13.8. The molecule has 0 spiro atoms. The standard InChI is InChI=1S/C32H36ClN5O3Si.C26H22ClN5O3/c1-20-25(18-19-26(34-6)27(20)33)36-28(21(2)41-42(7,8)32(3,4)5)31-38-37-30(40-31)23-14-16-24(17-15-23)35-29(39)22-12-10-9-11-13-22;1-15-20(13-14-21(28-3)22(15)27)30-23(16(2)33)26-32-31-25(35-26)18-9-11-19(12-10-18)29-24(34)17-7-5-4-6-8-17/h9-19,21,28,36H,1-5,7-8H3,(H,35,39);4-14,16,23,30,33H,1-2H3,(H,29,34)/t21-,28+;16-,23+/m00/s1. The van der Waals surface area contributed by atoms with Gasteiger partial charge in [0.2, 0.25) is 34.9 Å². The number of carbonyl (C=O) groups excluding carboxylic acids is 2. The van der Waals surface area contributed by atoms with Gasteiger partial charge in [-0.1, -0.05) is 92.5 Å². The molecule has 0 bridgehead atoms. The number of aromatic nitrogens is 4. The van der Waals surface area contributed by atoms with E-state index < -0.39 is 26.5 Å². The lowest BCUT2D eigenvalue weighted by Crippen LogP contribution is -2.45. The molecular formula is C58H58Cl2N10O6Si. The third-order valence-corrected chi connectivity index (χ3v) is 18.6. The van der Waals surface area contributed by atoms with Crippen molar-refractivity contribution in [1.29, 1.82) is 0 Å². The maximum Gasteiger partial charge on any atom is 0.255 e. The molecule has 5 N–H and O–H groups in total. The number of nitrogens with zero attached hydrogens (tertiary/aromatic N) is 6. The average Bonchev–Trinajstić information content (AvgIpc) is 4.12. The van der Waals surface area contributed by atoms with Gasteiger partial charge in [-0.25, -0.2) is 9.69 Å². The van der Waals surface area contributed by atoms with Gasteiger partial charge in [0.05, 0.1) is 35.4 Å². The molecule has 0 fully saturated rings. The number of benzene rings is 6. The molecule has 2 heterocycles. The summed E-state index contributed by atoms with van der Waals surface area (Å²) in [4.78, 5) is 31.7. The molecule has 0 aliphatic carbocycles. The summed E-state index contributed by atoms with van der Waals surface area (Å²) in [5, 5.41) is 40.5. The Morgan fingerprint density at radius 1 is 0.610 bits per heavy atom. The first-order valence-corrected chi connectivity index (χ1v) is 28.2. The maximum absolute atomic E-state index is 12.5. The summed E-state index contributed by atoms with van der Waals surface area (Å²) in [7, 11) is -2.15. The lowest BCUT2D eigenvalue weighted by molar-refractivity contribution is 0.101. The maximum atomic E-state index is 12.5. The fraction of sp³-hybridized carbons (Fsp3) is 0.241. The van der Waals surface area contributed by atoms with E-state index in [1.807, 2.05) is 56.3 Å². The van der Waals surface area contributed by atoms with Crippen molar-refractivity contribution in [3.63, 3.8) is 0 Å². The van der Waals surface area contributed by atoms with Crippen molar-refractivity contribution in [3.05, 3.63) is 200 Å². The average molecular weight is 1090 g/mol. The number of anilines is 4. The van der Waals surface area contributed by atoms with Crippen molar-refractivity contribution in [3.8, 4) is 22.9 Å². The summed E-state index contributed by atoms with van der Waals surface area (Å²) >= 11 is 12.8. The van der Waals surface area contributed by atoms with Crippen molar-refractivity contribution in [2.24, 2.45) is 0 Å². The molecule has 6 aromatic carbocycles. The van der Waals surface area contributed by atoms with Crippen LogP contribution in [0.2, 0.25) is 28.2 Å². The summed E-state index contributed by atoms with van der Waals surface area (Å²) in [5.74, 6) is 0.780. The second kappa shape index (κ2) is 24.7. The van der Waals surface area contributed by atoms with Gasteiger partial charge in [0, 0.05) is 45.0 Å². The van der Waals surface area contributed by atoms with Crippen LogP contribution in [0.5, 0.6) is 0 Å². The Bertz CT molecular complexity index is 3430. The number of halogens is 2. The quantitative estimate of drug-likeness (QED) is 0.0454. The van der Waals surface area contributed by atoms with Gasteiger partial charge in [-0.3, -0.25) is 9.59 Å². The second-order valence-corrected chi connectivity index (χ2v) is 25.1.